The van der Waals surface area contributed by atoms with Crippen LogP contribution in [-0.4, -0.2) is 15.7 Å². The lowest BCUT2D eigenvalue weighted by molar-refractivity contribution is -0.115. The summed E-state index contributed by atoms with van der Waals surface area (Å²) in [5, 5.41) is 13.1. The van der Waals surface area contributed by atoms with Crippen LogP contribution in [0.3, 0.4) is 0 Å². The van der Waals surface area contributed by atoms with Crippen molar-refractivity contribution in [3.8, 4) is 0 Å². The molecule has 1 aromatic heterocycles. The highest BCUT2D eigenvalue weighted by molar-refractivity contribution is 7.97. The van der Waals surface area contributed by atoms with Crippen LogP contribution in [0.2, 0.25) is 5.02 Å². The molecule has 25 heavy (non-hydrogen) atoms. The molecule has 0 saturated heterocycles. The summed E-state index contributed by atoms with van der Waals surface area (Å²) < 4.78 is 26.2. The van der Waals surface area contributed by atoms with Crippen LogP contribution in [0.4, 0.5) is 14.5 Å². The predicted octanol–water partition coefficient (Wildman–Crippen LogP) is 4.23. The van der Waals surface area contributed by atoms with Crippen LogP contribution in [0.5, 0.6) is 0 Å². The van der Waals surface area contributed by atoms with Gasteiger partial charge in [0.15, 0.2) is 0 Å². The van der Waals surface area contributed by atoms with Crippen LogP contribution in [0, 0.1) is 0 Å². The molecule has 9 heteroatoms. The molecule has 0 radical (unpaired) electrons. The molecule has 0 aliphatic heterocycles. The van der Waals surface area contributed by atoms with Gasteiger partial charge in [-0.25, -0.2) is 4.68 Å². The molecule has 3 rings (SSSR count). The summed E-state index contributed by atoms with van der Waals surface area (Å²) in [5.41, 5.74) is 1.44. The summed E-state index contributed by atoms with van der Waals surface area (Å²) in [6.07, 6.45) is 1.32. The molecule has 0 aliphatic rings. The lowest BCUT2D eigenvalue weighted by Gasteiger charge is -2.08. The van der Waals surface area contributed by atoms with E-state index in [2.05, 4.69) is 10.4 Å². The second-order valence-electron chi connectivity index (χ2n) is 5.23. The molecule has 5 nitrogen and oxygen atoms in total. The molecular weight excluding hydrogens is 370 g/mol. The van der Waals surface area contributed by atoms with E-state index < -0.39 is 6.55 Å². The largest absolute Gasteiger partial charge is 0.333 e. The van der Waals surface area contributed by atoms with Gasteiger partial charge in [0.1, 0.15) is 0 Å². The molecule has 3 N–H and O–H groups in total. The van der Waals surface area contributed by atoms with Gasteiger partial charge >= 0.3 is 6.55 Å². The van der Waals surface area contributed by atoms with Crippen molar-refractivity contribution in [2.45, 2.75) is 17.9 Å². The summed E-state index contributed by atoms with van der Waals surface area (Å²) in [6, 6.07) is 10.2. The van der Waals surface area contributed by atoms with Crippen LogP contribution >= 0.6 is 23.5 Å². The molecule has 2 aromatic carbocycles. The molecule has 130 valence electrons. The van der Waals surface area contributed by atoms with Gasteiger partial charge in [-0.15, -0.1) is 0 Å². The number of halogens is 3. The fourth-order valence-corrected chi connectivity index (χ4v) is 3.08. The Morgan fingerprint density at radius 1 is 1.36 bits per heavy atom. The number of anilines is 1. The number of hydrogen-bond donors (Lipinski definition) is 2. The van der Waals surface area contributed by atoms with Gasteiger partial charge in [0.05, 0.1) is 11.9 Å². The summed E-state index contributed by atoms with van der Waals surface area (Å²) in [5.74, 6) is -0.284. The number of rotatable bonds is 5. The number of nitrogens with one attached hydrogen (secondary N) is 1. The number of alkyl halides is 2. The number of carbonyl (C=O) groups excluding carboxylic acids is 1. The Morgan fingerprint density at radius 2 is 2.12 bits per heavy atom. The van der Waals surface area contributed by atoms with Gasteiger partial charge in [-0.1, -0.05) is 29.8 Å². The molecule has 1 heterocycles. The van der Waals surface area contributed by atoms with Crippen molar-refractivity contribution in [3.05, 3.63) is 53.2 Å². The molecule has 0 saturated carbocycles. The monoisotopic (exact) mass is 382 g/mol. The molecule has 3 aromatic rings. The van der Waals surface area contributed by atoms with E-state index in [1.165, 1.54) is 12.3 Å². The molecule has 1 amide bonds. The maximum Gasteiger partial charge on any atom is 0.333 e. The van der Waals surface area contributed by atoms with Crippen molar-refractivity contribution in [3.63, 3.8) is 0 Å². The highest BCUT2D eigenvalue weighted by Crippen LogP contribution is 2.30. The van der Waals surface area contributed by atoms with E-state index in [9.17, 15) is 13.6 Å². The maximum atomic E-state index is 12.8. The highest BCUT2D eigenvalue weighted by Gasteiger charge is 2.14. The Hall–Kier alpha value is -2.16. The van der Waals surface area contributed by atoms with E-state index in [1.54, 1.807) is 30.3 Å². The maximum absolute atomic E-state index is 12.8. The van der Waals surface area contributed by atoms with Crippen molar-refractivity contribution in [2.75, 3.05) is 5.32 Å². The van der Waals surface area contributed by atoms with Crippen molar-refractivity contribution in [2.24, 2.45) is 5.14 Å². The molecule has 0 aliphatic carbocycles. The zero-order valence-corrected chi connectivity index (χ0v) is 14.3. The number of nitrogens with zero attached hydrogens (tertiary/aromatic N) is 2. The summed E-state index contributed by atoms with van der Waals surface area (Å²) >= 11 is 6.95. The van der Waals surface area contributed by atoms with Crippen molar-refractivity contribution in [1.82, 2.24) is 9.78 Å². The summed E-state index contributed by atoms with van der Waals surface area (Å²) in [7, 11) is 0. The van der Waals surface area contributed by atoms with Gasteiger partial charge in [-0.3, -0.25) is 9.93 Å². The number of fused-ring (bicyclic) bond motifs is 1. The topological polar surface area (TPSA) is 72.9 Å². The third-order valence-corrected chi connectivity index (χ3v) is 4.48. The number of nitrogens with two attached hydrogens (primary N) is 1. The van der Waals surface area contributed by atoms with E-state index in [0.717, 1.165) is 11.9 Å². The van der Waals surface area contributed by atoms with Gasteiger partial charge in [0.2, 0.25) is 5.91 Å². The Balaban J connectivity index is 1.85. The lowest BCUT2D eigenvalue weighted by atomic mass is 10.1. The minimum atomic E-state index is -2.75. The second-order valence-corrected chi connectivity index (χ2v) is 6.31. The fourth-order valence-electron chi connectivity index (χ4n) is 2.40. The van der Waals surface area contributed by atoms with Crippen molar-refractivity contribution in [1.29, 1.82) is 0 Å². The van der Waals surface area contributed by atoms with Crippen LogP contribution < -0.4 is 10.5 Å². The average Bonchev–Trinajstić information content (AvgIpc) is 3.00. The molecular formula is C16H13ClF2N4OS. The minimum absolute atomic E-state index is 0.0916. The molecule has 0 fully saturated rings. The van der Waals surface area contributed by atoms with Crippen molar-refractivity contribution < 1.29 is 13.6 Å². The van der Waals surface area contributed by atoms with E-state index in [1.807, 2.05) is 0 Å². The Bertz CT molecular complexity index is 932. The average molecular weight is 383 g/mol. The highest BCUT2D eigenvalue weighted by atomic mass is 35.5. The normalized spacial score (nSPS) is 11.2. The van der Waals surface area contributed by atoms with Crippen LogP contribution in [-0.2, 0) is 11.2 Å². The molecule has 0 unspecified atom stereocenters. The molecule has 0 bridgehead atoms. The van der Waals surface area contributed by atoms with Crippen LogP contribution in [0.1, 0.15) is 12.1 Å². The van der Waals surface area contributed by atoms with Crippen LogP contribution in [0.25, 0.3) is 10.9 Å². The van der Waals surface area contributed by atoms with Gasteiger partial charge in [-0.2, -0.15) is 13.9 Å². The molecule has 0 spiro atoms. The van der Waals surface area contributed by atoms with Gasteiger partial charge in [0, 0.05) is 27.2 Å². The van der Waals surface area contributed by atoms with Gasteiger partial charge < -0.3 is 5.32 Å². The number of amides is 1. The molecule has 0 atom stereocenters. The number of carbonyl (C=O) groups is 1. The Morgan fingerprint density at radius 3 is 2.80 bits per heavy atom. The minimum Gasteiger partial charge on any atom is -0.326 e. The third-order valence-electron chi connectivity index (χ3n) is 3.52. The van der Waals surface area contributed by atoms with Gasteiger partial charge in [0.25, 0.3) is 0 Å². The van der Waals surface area contributed by atoms with E-state index in [-0.39, 0.29) is 12.3 Å². The van der Waals surface area contributed by atoms with E-state index in [0.29, 0.717) is 36.8 Å². The Kier molecular flexibility index (Phi) is 5.22. The number of hydrogen-bond acceptors (Lipinski definition) is 4. The first-order valence-electron chi connectivity index (χ1n) is 7.19. The van der Waals surface area contributed by atoms with E-state index >= 15 is 0 Å². The van der Waals surface area contributed by atoms with Crippen molar-refractivity contribution >= 4 is 46.0 Å². The summed E-state index contributed by atoms with van der Waals surface area (Å²) in [6.45, 7) is -2.75. The zero-order valence-electron chi connectivity index (χ0n) is 12.7. The second kappa shape index (κ2) is 7.38. The number of aromatic nitrogens is 2. The standard InChI is InChI=1S/C16H13ClF2N4OS/c17-12-4-2-1-3-9(12)5-15(24)21-10-6-13-11(14(7-10)25-20)8-23(22-13)16(18)19/h1-4,6-8,16H,5,20H2,(H,21,24). The van der Waals surface area contributed by atoms with E-state index in [4.69, 9.17) is 16.7 Å². The fraction of sp³-hybridized carbons (Fsp3) is 0.125. The first kappa shape index (κ1) is 17.7. The SMILES string of the molecule is NSc1cc(NC(=O)Cc2ccccc2Cl)cc2nn(C(F)F)cc12. The predicted molar refractivity (Wildman–Crippen MR) is 94.8 cm³/mol. The number of benzene rings is 2. The quantitative estimate of drug-likeness (QED) is 0.647. The zero-order chi connectivity index (χ0) is 18.0. The first-order valence-corrected chi connectivity index (χ1v) is 8.44. The smallest absolute Gasteiger partial charge is 0.326 e. The first-order chi connectivity index (χ1) is 12.0. The lowest BCUT2D eigenvalue weighted by Crippen LogP contribution is -2.14. The summed E-state index contributed by atoms with van der Waals surface area (Å²) in [4.78, 5) is 12.8. The third kappa shape index (κ3) is 3.92. The van der Waals surface area contributed by atoms with Crippen LogP contribution in [0.15, 0.2) is 47.5 Å². The van der Waals surface area contributed by atoms with Gasteiger partial charge in [-0.05, 0) is 35.7 Å². The Labute approximate surface area is 151 Å².